The Morgan fingerprint density at radius 1 is 1.23 bits per heavy atom. The largest absolute Gasteiger partial charge is 0.348 e. The van der Waals surface area contributed by atoms with E-state index in [9.17, 15) is 0 Å². The van der Waals surface area contributed by atoms with Gasteiger partial charge in [0.2, 0.25) is 0 Å². The lowest BCUT2D eigenvalue weighted by molar-refractivity contribution is -0.237. The third kappa shape index (κ3) is 2.64. The van der Waals surface area contributed by atoms with Crippen LogP contribution < -0.4 is 0 Å². The summed E-state index contributed by atoms with van der Waals surface area (Å²) in [6, 6.07) is 0. The van der Waals surface area contributed by atoms with E-state index in [0.29, 0.717) is 12.9 Å². The number of nitrogens with zero attached hydrogens (tertiary/aromatic N) is 2. The minimum atomic E-state index is 0.396. The highest BCUT2D eigenvalue weighted by molar-refractivity contribution is 4.76. The van der Waals surface area contributed by atoms with Crippen LogP contribution in [0.25, 0.3) is 0 Å². The van der Waals surface area contributed by atoms with Gasteiger partial charge in [0.25, 0.3) is 0 Å². The third-order valence-corrected chi connectivity index (χ3v) is 2.63. The average Bonchev–Trinajstić information content (AvgIpc) is 2.53. The van der Waals surface area contributed by atoms with Crippen LogP contribution >= 0.6 is 0 Å². The van der Waals surface area contributed by atoms with Crippen LogP contribution in [0.5, 0.6) is 0 Å². The molecule has 4 nitrogen and oxygen atoms in total. The Labute approximate surface area is 79.3 Å². The second-order valence-electron chi connectivity index (χ2n) is 3.89. The molecule has 2 saturated heterocycles. The summed E-state index contributed by atoms with van der Waals surface area (Å²) in [6.45, 7) is 4.65. The first-order valence-corrected chi connectivity index (χ1v) is 5.02. The van der Waals surface area contributed by atoms with Crippen LogP contribution in [0.1, 0.15) is 12.8 Å². The molecule has 0 unspecified atom stereocenters. The maximum absolute atomic E-state index is 5.50. The molecule has 13 heavy (non-hydrogen) atoms. The first-order chi connectivity index (χ1) is 6.34. The minimum absolute atomic E-state index is 0.396. The monoisotopic (exact) mass is 186 g/mol. The Morgan fingerprint density at radius 2 is 1.92 bits per heavy atom. The van der Waals surface area contributed by atoms with Gasteiger partial charge in [-0.15, -0.1) is 0 Å². The van der Waals surface area contributed by atoms with E-state index in [4.69, 9.17) is 9.57 Å². The van der Waals surface area contributed by atoms with Gasteiger partial charge in [-0.1, -0.05) is 0 Å². The van der Waals surface area contributed by atoms with Crippen molar-refractivity contribution < 1.29 is 9.57 Å². The van der Waals surface area contributed by atoms with Crippen molar-refractivity contribution in [3.05, 3.63) is 0 Å². The molecule has 0 N–H and O–H groups in total. The molecule has 4 heteroatoms. The molecule has 0 atom stereocenters. The Hall–Kier alpha value is -0.160. The number of rotatable bonds is 4. The molecule has 0 amide bonds. The average molecular weight is 186 g/mol. The van der Waals surface area contributed by atoms with E-state index in [1.54, 1.807) is 0 Å². The van der Waals surface area contributed by atoms with E-state index in [-0.39, 0.29) is 0 Å². The standard InChI is InChI=1S/C9H18N2O2/c1-10-6-9(7-10)12-8-13-11-4-2-3-5-11/h9H,2-8H2,1H3. The highest BCUT2D eigenvalue weighted by atomic mass is 16.8. The van der Waals surface area contributed by atoms with Crippen LogP contribution in [0.15, 0.2) is 0 Å². The molecular formula is C9H18N2O2. The van der Waals surface area contributed by atoms with Gasteiger partial charge in [-0.2, -0.15) is 5.06 Å². The smallest absolute Gasteiger partial charge is 0.167 e. The van der Waals surface area contributed by atoms with Crippen molar-refractivity contribution in [2.75, 3.05) is 40.0 Å². The summed E-state index contributed by atoms with van der Waals surface area (Å²) in [7, 11) is 2.10. The number of likely N-dealkylation sites (N-methyl/N-ethyl adjacent to an activating group) is 1. The maximum Gasteiger partial charge on any atom is 0.167 e. The van der Waals surface area contributed by atoms with Crippen LogP contribution in [-0.4, -0.2) is 56.1 Å². The number of hydrogen-bond acceptors (Lipinski definition) is 4. The topological polar surface area (TPSA) is 24.9 Å². The van der Waals surface area contributed by atoms with Gasteiger partial charge in [0.05, 0.1) is 6.10 Å². The van der Waals surface area contributed by atoms with Crippen molar-refractivity contribution >= 4 is 0 Å². The predicted molar refractivity (Wildman–Crippen MR) is 49.1 cm³/mol. The fourth-order valence-corrected chi connectivity index (χ4v) is 1.77. The van der Waals surface area contributed by atoms with Crippen molar-refractivity contribution in [1.29, 1.82) is 0 Å². The van der Waals surface area contributed by atoms with Gasteiger partial charge in [-0.3, -0.25) is 4.84 Å². The van der Waals surface area contributed by atoms with Gasteiger partial charge in [0.15, 0.2) is 6.79 Å². The molecular weight excluding hydrogens is 168 g/mol. The molecule has 2 rings (SSSR count). The zero-order valence-electron chi connectivity index (χ0n) is 8.24. The molecule has 76 valence electrons. The van der Waals surface area contributed by atoms with Crippen LogP contribution in [-0.2, 0) is 9.57 Å². The summed E-state index contributed by atoms with van der Waals surface area (Å²) < 4.78 is 5.50. The highest BCUT2D eigenvalue weighted by Crippen LogP contribution is 2.10. The van der Waals surface area contributed by atoms with Crippen molar-refractivity contribution in [2.45, 2.75) is 18.9 Å². The van der Waals surface area contributed by atoms with E-state index < -0.39 is 0 Å². The summed E-state index contributed by atoms with van der Waals surface area (Å²) in [6.07, 6.45) is 2.91. The maximum atomic E-state index is 5.50. The Morgan fingerprint density at radius 3 is 2.54 bits per heavy atom. The molecule has 0 aliphatic carbocycles. The van der Waals surface area contributed by atoms with Crippen molar-refractivity contribution in [1.82, 2.24) is 9.96 Å². The van der Waals surface area contributed by atoms with Crippen LogP contribution in [0, 0.1) is 0 Å². The zero-order chi connectivity index (χ0) is 9.10. The molecule has 2 fully saturated rings. The molecule has 0 saturated carbocycles. The van der Waals surface area contributed by atoms with Gasteiger partial charge in [-0.25, -0.2) is 0 Å². The lowest BCUT2D eigenvalue weighted by Gasteiger charge is -2.35. The van der Waals surface area contributed by atoms with Crippen LogP contribution in [0.3, 0.4) is 0 Å². The Bertz CT molecular complexity index is 154. The molecule has 2 aliphatic heterocycles. The zero-order valence-corrected chi connectivity index (χ0v) is 8.24. The molecule has 0 spiro atoms. The minimum Gasteiger partial charge on any atom is -0.348 e. The summed E-state index contributed by atoms with van der Waals surface area (Å²) in [4.78, 5) is 7.67. The predicted octanol–water partition coefficient (Wildman–Crippen LogP) is 0.302. The van der Waals surface area contributed by atoms with E-state index in [1.807, 2.05) is 5.06 Å². The number of ether oxygens (including phenoxy) is 1. The molecule has 0 aromatic carbocycles. The molecule has 2 heterocycles. The summed E-state index contributed by atoms with van der Waals surface area (Å²) in [5.41, 5.74) is 0. The third-order valence-electron chi connectivity index (χ3n) is 2.63. The highest BCUT2D eigenvalue weighted by Gasteiger charge is 2.24. The molecule has 2 aliphatic rings. The van der Waals surface area contributed by atoms with Gasteiger partial charge in [0.1, 0.15) is 0 Å². The van der Waals surface area contributed by atoms with E-state index >= 15 is 0 Å². The van der Waals surface area contributed by atoms with Gasteiger partial charge in [-0.05, 0) is 19.9 Å². The van der Waals surface area contributed by atoms with Crippen molar-refractivity contribution in [3.63, 3.8) is 0 Å². The SMILES string of the molecule is CN1CC(OCON2CCCC2)C1. The second-order valence-corrected chi connectivity index (χ2v) is 3.89. The van der Waals surface area contributed by atoms with Gasteiger partial charge < -0.3 is 9.64 Å². The lowest BCUT2D eigenvalue weighted by atomic mass is 10.2. The quantitative estimate of drug-likeness (QED) is 0.590. The second kappa shape index (κ2) is 4.37. The van der Waals surface area contributed by atoms with Crippen molar-refractivity contribution in [3.8, 4) is 0 Å². The lowest BCUT2D eigenvalue weighted by Crippen LogP contribution is -2.50. The Kier molecular flexibility index (Phi) is 3.16. The fourth-order valence-electron chi connectivity index (χ4n) is 1.77. The van der Waals surface area contributed by atoms with Crippen molar-refractivity contribution in [2.24, 2.45) is 0 Å². The van der Waals surface area contributed by atoms with Crippen LogP contribution in [0.2, 0.25) is 0 Å². The van der Waals surface area contributed by atoms with Crippen LogP contribution in [0.4, 0.5) is 0 Å². The number of hydrogen-bond donors (Lipinski definition) is 0. The first kappa shape index (κ1) is 9.40. The first-order valence-electron chi connectivity index (χ1n) is 5.02. The summed E-state index contributed by atoms with van der Waals surface area (Å²) in [5.74, 6) is 0. The van der Waals surface area contributed by atoms with Gasteiger partial charge >= 0.3 is 0 Å². The summed E-state index contributed by atoms with van der Waals surface area (Å²) in [5, 5.41) is 2.00. The van der Waals surface area contributed by atoms with Gasteiger partial charge in [0, 0.05) is 26.2 Å². The Balaban J connectivity index is 1.49. The molecule has 0 aromatic rings. The summed E-state index contributed by atoms with van der Waals surface area (Å²) >= 11 is 0. The molecule has 0 radical (unpaired) electrons. The normalized spacial score (nSPS) is 26.5. The number of likely N-dealkylation sites (tertiary alicyclic amines) is 1. The molecule has 0 aromatic heterocycles. The van der Waals surface area contributed by atoms with E-state index in [1.165, 1.54) is 12.8 Å². The fraction of sp³-hybridized carbons (Fsp3) is 1.00. The number of hydroxylamine groups is 2. The molecule has 0 bridgehead atoms. The van der Waals surface area contributed by atoms with E-state index in [2.05, 4.69) is 11.9 Å². The van der Waals surface area contributed by atoms with E-state index in [0.717, 1.165) is 26.2 Å².